The van der Waals surface area contributed by atoms with Crippen LogP contribution in [0.15, 0.2) is 59.4 Å². The van der Waals surface area contributed by atoms with Crippen molar-refractivity contribution in [3.63, 3.8) is 0 Å². The van der Waals surface area contributed by atoms with E-state index in [1.54, 1.807) is 4.57 Å². The topological polar surface area (TPSA) is 68.9 Å². The summed E-state index contributed by atoms with van der Waals surface area (Å²) in [7, 11) is 0. The smallest absolute Gasteiger partial charge is 0.344 e. The molecule has 0 saturated heterocycles. The van der Waals surface area contributed by atoms with Crippen LogP contribution in [-0.4, -0.2) is 20.3 Å². The number of hydrogen-bond donors (Lipinski definition) is 1. The maximum atomic E-state index is 12.8. The molecule has 6 heteroatoms. The Kier molecular flexibility index (Phi) is 5.60. The summed E-state index contributed by atoms with van der Waals surface area (Å²) < 4.78 is 3.02. The number of nitrogens with zero attached hydrogens (tertiary/aromatic N) is 3. The third-order valence-corrected chi connectivity index (χ3v) is 5.42. The van der Waals surface area contributed by atoms with Gasteiger partial charge < -0.3 is 5.32 Å². The molecular weight excluding hydrogens is 364 g/mol. The van der Waals surface area contributed by atoms with E-state index >= 15 is 0 Å². The fourth-order valence-electron chi connectivity index (χ4n) is 3.83. The van der Waals surface area contributed by atoms with E-state index in [0.717, 1.165) is 48.2 Å². The Hall–Kier alpha value is -3.15. The van der Waals surface area contributed by atoms with E-state index in [0.29, 0.717) is 6.54 Å². The fourth-order valence-corrected chi connectivity index (χ4v) is 3.83. The zero-order chi connectivity index (χ0) is 20.2. The summed E-state index contributed by atoms with van der Waals surface area (Å²) in [5, 5.41) is 7.51. The van der Waals surface area contributed by atoms with Crippen LogP contribution in [0.1, 0.15) is 47.8 Å². The lowest BCUT2D eigenvalue weighted by Gasteiger charge is -2.20. The molecule has 0 aliphatic carbocycles. The summed E-state index contributed by atoms with van der Waals surface area (Å²) in [6.07, 6.45) is 3.92. The van der Waals surface area contributed by atoms with E-state index in [2.05, 4.69) is 10.4 Å². The Balaban J connectivity index is 1.56. The highest BCUT2D eigenvalue weighted by Gasteiger charge is 2.20. The molecule has 1 unspecified atom stereocenters. The Morgan fingerprint density at radius 1 is 1.03 bits per heavy atom. The second-order valence-electron chi connectivity index (χ2n) is 7.64. The van der Waals surface area contributed by atoms with Gasteiger partial charge in [0.25, 0.3) is 0 Å². The van der Waals surface area contributed by atoms with Crippen LogP contribution in [0.2, 0.25) is 0 Å². The van der Waals surface area contributed by atoms with Gasteiger partial charge in [-0.25, -0.2) is 9.48 Å². The summed E-state index contributed by atoms with van der Waals surface area (Å²) in [5.74, 6) is 0.563. The second kappa shape index (κ2) is 8.47. The number of aromatic nitrogens is 3. The molecule has 1 aromatic heterocycles. The molecule has 2 aromatic carbocycles. The number of fused-ring (bicyclic) bond motifs is 1. The minimum absolute atomic E-state index is 0.0754. The Labute approximate surface area is 170 Å². The van der Waals surface area contributed by atoms with Gasteiger partial charge in [-0.3, -0.25) is 9.36 Å². The Morgan fingerprint density at radius 2 is 1.76 bits per heavy atom. The molecule has 3 aromatic rings. The minimum atomic E-state index is -0.277. The Bertz CT molecular complexity index is 1030. The molecule has 150 valence electrons. The van der Waals surface area contributed by atoms with E-state index in [1.807, 2.05) is 61.5 Å². The first-order valence-corrected chi connectivity index (χ1v) is 10.2. The third-order valence-electron chi connectivity index (χ3n) is 5.42. The van der Waals surface area contributed by atoms with Crippen molar-refractivity contribution in [1.82, 2.24) is 19.7 Å². The number of amides is 1. The number of aryl methyl sites for hydroxylation is 2. The van der Waals surface area contributed by atoms with Gasteiger partial charge in [0, 0.05) is 13.0 Å². The summed E-state index contributed by atoms with van der Waals surface area (Å²) in [6.45, 7) is 2.65. The van der Waals surface area contributed by atoms with Gasteiger partial charge in [-0.15, -0.1) is 0 Å². The molecule has 0 radical (unpaired) electrons. The fraction of sp³-hybridized carbons (Fsp3) is 0.348. The average Bonchev–Trinajstić information content (AvgIpc) is 2.89. The predicted molar refractivity (Wildman–Crippen MR) is 112 cm³/mol. The largest absolute Gasteiger partial charge is 0.346 e. The average molecular weight is 390 g/mol. The van der Waals surface area contributed by atoms with E-state index in [4.69, 9.17) is 0 Å². The summed E-state index contributed by atoms with van der Waals surface area (Å²) >= 11 is 0. The van der Waals surface area contributed by atoms with Gasteiger partial charge in [-0.1, -0.05) is 66.6 Å². The molecule has 1 atom stereocenters. The van der Waals surface area contributed by atoms with Crippen LogP contribution in [0.5, 0.6) is 0 Å². The maximum Gasteiger partial charge on any atom is 0.346 e. The van der Waals surface area contributed by atoms with Gasteiger partial charge in [-0.2, -0.15) is 5.10 Å². The number of nitrogens with one attached hydrogen (secondary N) is 1. The number of rotatable bonds is 5. The lowest BCUT2D eigenvalue weighted by molar-refractivity contribution is -0.122. The van der Waals surface area contributed by atoms with E-state index in [9.17, 15) is 9.59 Å². The molecule has 2 heterocycles. The highest BCUT2D eigenvalue weighted by atomic mass is 16.2. The molecule has 1 aliphatic rings. The minimum Gasteiger partial charge on any atom is -0.344 e. The van der Waals surface area contributed by atoms with Crippen molar-refractivity contribution in [2.24, 2.45) is 0 Å². The maximum absolute atomic E-state index is 12.8. The molecule has 1 aliphatic heterocycles. The molecule has 0 spiro atoms. The highest BCUT2D eigenvalue weighted by Crippen LogP contribution is 2.22. The van der Waals surface area contributed by atoms with Gasteiger partial charge in [0.1, 0.15) is 12.4 Å². The SMILES string of the molecule is Cc1ccc(C(NC(=O)Cn2nc3n(c2=O)CCCCC3)c2ccccc2)cc1. The van der Waals surface area contributed by atoms with E-state index < -0.39 is 0 Å². The van der Waals surface area contributed by atoms with Crippen molar-refractivity contribution in [1.29, 1.82) is 0 Å². The predicted octanol–water partition coefficient (Wildman–Crippen LogP) is 2.99. The second-order valence-corrected chi connectivity index (χ2v) is 7.64. The van der Waals surface area contributed by atoms with Crippen molar-refractivity contribution in [3.8, 4) is 0 Å². The third kappa shape index (κ3) is 4.31. The van der Waals surface area contributed by atoms with Crippen LogP contribution in [0.4, 0.5) is 0 Å². The molecule has 0 bridgehead atoms. The summed E-state index contributed by atoms with van der Waals surface area (Å²) in [6, 6.07) is 17.7. The van der Waals surface area contributed by atoms with Crippen LogP contribution >= 0.6 is 0 Å². The van der Waals surface area contributed by atoms with Gasteiger partial charge in [-0.05, 0) is 30.9 Å². The van der Waals surface area contributed by atoms with Crippen LogP contribution in [0, 0.1) is 6.92 Å². The monoisotopic (exact) mass is 390 g/mol. The van der Waals surface area contributed by atoms with Crippen molar-refractivity contribution >= 4 is 5.91 Å². The van der Waals surface area contributed by atoms with E-state index in [1.165, 1.54) is 4.68 Å². The van der Waals surface area contributed by atoms with Crippen molar-refractivity contribution in [2.75, 3.05) is 0 Å². The molecule has 0 fully saturated rings. The lowest BCUT2D eigenvalue weighted by Crippen LogP contribution is -2.36. The van der Waals surface area contributed by atoms with Crippen LogP contribution in [-0.2, 0) is 24.3 Å². The number of benzene rings is 2. The standard InChI is InChI=1S/C23H26N4O2/c1-17-11-13-19(14-12-17)22(18-8-4-2-5-9-18)24-21(28)16-27-23(29)26-15-7-3-6-10-20(26)25-27/h2,4-5,8-9,11-14,22H,3,6-7,10,15-16H2,1H3,(H,24,28). The first-order valence-electron chi connectivity index (χ1n) is 10.2. The number of hydrogen-bond acceptors (Lipinski definition) is 3. The quantitative estimate of drug-likeness (QED) is 0.728. The zero-order valence-corrected chi connectivity index (χ0v) is 16.7. The van der Waals surface area contributed by atoms with Crippen molar-refractivity contribution in [3.05, 3.63) is 87.6 Å². The normalized spacial score (nSPS) is 14.7. The van der Waals surface area contributed by atoms with Crippen molar-refractivity contribution < 1.29 is 4.79 Å². The van der Waals surface area contributed by atoms with Gasteiger partial charge in [0.15, 0.2) is 0 Å². The molecule has 1 N–H and O–H groups in total. The molecule has 29 heavy (non-hydrogen) atoms. The Morgan fingerprint density at radius 3 is 2.52 bits per heavy atom. The molecular formula is C23H26N4O2. The van der Waals surface area contributed by atoms with Gasteiger partial charge in [0.05, 0.1) is 6.04 Å². The van der Waals surface area contributed by atoms with Crippen LogP contribution in [0.25, 0.3) is 0 Å². The highest BCUT2D eigenvalue weighted by molar-refractivity contribution is 5.76. The summed E-state index contributed by atoms with van der Waals surface area (Å²) in [4.78, 5) is 25.5. The van der Waals surface area contributed by atoms with Gasteiger partial charge in [0.2, 0.25) is 5.91 Å². The molecule has 6 nitrogen and oxygen atoms in total. The summed E-state index contributed by atoms with van der Waals surface area (Å²) in [5.41, 5.74) is 2.97. The zero-order valence-electron chi connectivity index (χ0n) is 16.7. The number of carbonyl (C=O) groups excluding carboxylic acids is 1. The lowest BCUT2D eigenvalue weighted by atomic mass is 9.98. The first kappa shape index (κ1) is 19.2. The van der Waals surface area contributed by atoms with Crippen LogP contribution in [0.3, 0.4) is 0 Å². The van der Waals surface area contributed by atoms with Crippen LogP contribution < -0.4 is 11.0 Å². The van der Waals surface area contributed by atoms with Crippen molar-refractivity contribution in [2.45, 2.75) is 51.7 Å². The molecule has 0 saturated carbocycles. The number of carbonyl (C=O) groups is 1. The first-order chi connectivity index (χ1) is 14.1. The van der Waals surface area contributed by atoms with E-state index in [-0.39, 0.29) is 24.2 Å². The van der Waals surface area contributed by atoms with Gasteiger partial charge >= 0.3 is 5.69 Å². The molecule has 4 rings (SSSR count). The molecule has 1 amide bonds.